The number of aromatic hydroxyl groups is 1. The van der Waals surface area contributed by atoms with Crippen molar-refractivity contribution in [3.05, 3.63) is 57.6 Å². The smallest absolute Gasteiger partial charge is 0.251 e. The van der Waals surface area contributed by atoms with E-state index in [4.69, 9.17) is 4.74 Å². The van der Waals surface area contributed by atoms with Gasteiger partial charge in [0.1, 0.15) is 0 Å². The molecule has 0 aliphatic heterocycles. The van der Waals surface area contributed by atoms with E-state index in [0.717, 1.165) is 5.56 Å². The van der Waals surface area contributed by atoms with E-state index in [-0.39, 0.29) is 17.4 Å². The number of carbonyl (C=O) groups excluding carboxylic acids is 1. The summed E-state index contributed by atoms with van der Waals surface area (Å²) in [6.07, 6.45) is 0. The van der Waals surface area contributed by atoms with Crippen molar-refractivity contribution in [1.29, 1.82) is 0 Å². The van der Waals surface area contributed by atoms with Crippen LogP contribution in [0.4, 0.5) is 0 Å². The first-order valence-corrected chi connectivity index (χ1v) is 7.21. The van der Waals surface area contributed by atoms with Crippen molar-refractivity contribution in [2.45, 2.75) is 13.5 Å². The van der Waals surface area contributed by atoms with Crippen molar-refractivity contribution in [1.82, 2.24) is 5.32 Å². The van der Waals surface area contributed by atoms with Gasteiger partial charge in [-0.2, -0.15) is 0 Å². The van der Waals surface area contributed by atoms with Crippen LogP contribution in [0.1, 0.15) is 21.5 Å². The van der Waals surface area contributed by atoms with Crippen LogP contribution in [0.3, 0.4) is 0 Å². The Morgan fingerprint density at radius 3 is 2.57 bits per heavy atom. The molecule has 0 saturated heterocycles. The molecule has 110 valence electrons. The summed E-state index contributed by atoms with van der Waals surface area (Å²) in [4.78, 5) is 12.1. The van der Waals surface area contributed by atoms with Gasteiger partial charge in [-0.25, -0.2) is 0 Å². The summed E-state index contributed by atoms with van der Waals surface area (Å²) in [5.41, 5.74) is 2.62. The quantitative estimate of drug-likeness (QED) is 0.889. The van der Waals surface area contributed by atoms with Crippen molar-refractivity contribution in [3.8, 4) is 11.5 Å². The minimum absolute atomic E-state index is 0.0208. The first kappa shape index (κ1) is 15.4. The molecule has 0 heterocycles. The molecule has 0 aliphatic carbocycles. The molecule has 0 aromatic heterocycles. The summed E-state index contributed by atoms with van der Waals surface area (Å²) in [5, 5.41) is 12.6. The van der Waals surface area contributed by atoms with Crippen molar-refractivity contribution in [3.63, 3.8) is 0 Å². The van der Waals surface area contributed by atoms with Crippen LogP contribution in [0, 0.1) is 6.92 Å². The van der Waals surface area contributed by atoms with Gasteiger partial charge in [0.2, 0.25) is 0 Å². The van der Waals surface area contributed by atoms with E-state index < -0.39 is 0 Å². The molecule has 2 N–H and O–H groups in total. The normalized spacial score (nSPS) is 10.2. The summed E-state index contributed by atoms with van der Waals surface area (Å²) in [7, 11) is 1.44. The first-order chi connectivity index (χ1) is 10.0. The lowest BCUT2D eigenvalue weighted by Gasteiger charge is -2.10. The maximum Gasteiger partial charge on any atom is 0.251 e. The van der Waals surface area contributed by atoms with E-state index in [9.17, 15) is 9.90 Å². The Morgan fingerprint density at radius 2 is 1.95 bits per heavy atom. The molecule has 2 rings (SSSR count). The lowest BCUT2D eigenvalue weighted by molar-refractivity contribution is 0.0950. The van der Waals surface area contributed by atoms with Crippen LogP contribution >= 0.6 is 15.9 Å². The maximum absolute atomic E-state index is 12.1. The van der Waals surface area contributed by atoms with Gasteiger partial charge in [0.25, 0.3) is 5.91 Å². The number of ether oxygens (including phenoxy) is 1. The fraction of sp³-hybridized carbons (Fsp3) is 0.188. The highest BCUT2D eigenvalue weighted by atomic mass is 79.9. The van der Waals surface area contributed by atoms with Crippen LogP contribution in [-0.4, -0.2) is 18.1 Å². The number of nitrogens with one attached hydrogen (secondary N) is 1. The molecule has 5 heteroatoms. The van der Waals surface area contributed by atoms with E-state index >= 15 is 0 Å². The molecular formula is C16H16BrNO3. The molecule has 0 atom stereocenters. The zero-order valence-electron chi connectivity index (χ0n) is 11.8. The van der Waals surface area contributed by atoms with Gasteiger partial charge in [0, 0.05) is 12.1 Å². The van der Waals surface area contributed by atoms with Gasteiger partial charge in [-0.05, 0) is 40.5 Å². The lowest BCUT2D eigenvalue weighted by atomic mass is 10.1. The summed E-state index contributed by atoms with van der Waals surface area (Å²) in [5.74, 6) is 0.00650. The molecule has 0 aliphatic rings. The van der Waals surface area contributed by atoms with Crippen molar-refractivity contribution >= 4 is 21.8 Å². The molecule has 0 unspecified atom stereocenters. The van der Waals surface area contributed by atoms with Crippen LogP contribution in [0.5, 0.6) is 11.5 Å². The van der Waals surface area contributed by atoms with E-state index in [2.05, 4.69) is 21.2 Å². The average molecular weight is 350 g/mol. The molecule has 0 radical (unpaired) electrons. The Morgan fingerprint density at radius 1 is 1.29 bits per heavy atom. The molecule has 0 fully saturated rings. The number of methoxy groups -OCH3 is 1. The van der Waals surface area contributed by atoms with E-state index in [1.54, 1.807) is 6.07 Å². The van der Waals surface area contributed by atoms with Crippen molar-refractivity contribution in [2.75, 3.05) is 7.11 Å². The predicted octanol–water partition coefficient (Wildman–Crippen LogP) is 3.40. The largest absolute Gasteiger partial charge is 0.503 e. The van der Waals surface area contributed by atoms with Crippen LogP contribution in [0.15, 0.2) is 40.9 Å². The van der Waals surface area contributed by atoms with Gasteiger partial charge in [-0.1, -0.05) is 29.8 Å². The minimum atomic E-state index is -0.227. The average Bonchev–Trinajstić information content (AvgIpc) is 2.49. The number of rotatable bonds is 4. The summed E-state index contributed by atoms with van der Waals surface area (Å²) in [6.45, 7) is 2.46. The number of carbonyl (C=O) groups is 1. The summed E-state index contributed by atoms with van der Waals surface area (Å²) >= 11 is 3.20. The Hall–Kier alpha value is -2.01. The number of benzene rings is 2. The van der Waals surface area contributed by atoms with Crippen LogP contribution in [-0.2, 0) is 6.54 Å². The van der Waals surface area contributed by atoms with Gasteiger partial charge in [0.15, 0.2) is 11.5 Å². The number of amides is 1. The van der Waals surface area contributed by atoms with Crippen LogP contribution < -0.4 is 10.1 Å². The van der Waals surface area contributed by atoms with Crippen molar-refractivity contribution in [2.24, 2.45) is 0 Å². The van der Waals surface area contributed by atoms with Crippen molar-refractivity contribution < 1.29 is 14.6 Å². The topological polar surface area (TPSA) is 58.6 Å². The SMILES string of the molecule is COc1cc(C(=O)NCc2ccc(C)cc2)cc(Br)c1O. The number of aryl methyl sites for hydroxylation is 1. The molecular weight excluding hydrogens is 334 g/mol. The third kappa shape index (κ3) is 3.76. The highest BCUT2D eigenvalue weighted by molar-refractivity contribution is 9.10. The molecule has 2 aromatic carbocycles. The minimum Gasteiger partial charge on any atom is -0.503 e. The van der Waals surface area contributed by atoms with E-state index in [1.165, 1.54) is 18.7 Å². The lowest BCUT2D eigenvalue weighted by Crippen LogP contribution is -2.22. The molecule has 21 heavy (non-hydrogen) atoms. The fourth-order valence-corrected chi connectivity index (χ4v) is 2.29. The highest BCUT2D eigenvalue weighted by Gasteiger charge is 2.13. The van der Waals surface area contributed by atoms with E-state index in [0.29, 0.717) is 16.6 Å². The number of phenolic OH excluding ortho intramolecular Hbond substituents is 1. The zero-order valence-corrected chi connectivity index (χ0v) is 13.4. The second-order valence-electron chi connectivity index (χ2n) is 4.68. The molecule has 0 bridgehead atoms. The zero-order chi connectivity index (χ0) is 15.4. The second-order valence-corrected chi connectivity index (χ2v) is 5.53. The number of hydrogen-bond acceptors (Lipinski definition) is 3. The molecule has 1 amide bonds. The molecule has 4 nitrogen and oxygen atoms in total. The number of phenols is 1. The molecule has 2 aromatic rings. The monoisotopic (exact) mass is 349 g/mol. The third-order valence-corrected chi connectivity index (χ3v) is 3.69. The van der Waals surface area contributed by atoms with Gasteiger partial charge in [0.05, 0.1) is 11.6 Å². The Kier molecular flexibility index (Phi) is 4.85. The standard InChI is InChI=1S/C16H16BrNO3/c1-10-3-5-11(6-4-10)9-18-16(20)12-7-13(17)15(19)14(8-12)21-2/h3-8,19H,9H2,1-2H3,(H,18,20). The summed E-state index contributed by atoms with van der Waals surface area (Å²) < 4.78 is 5.45. The Balaban J connectivity index is 2.10. The number of hydrogen-bond donors (Lipinski definition) is 2. The van der Waals surface area contributed by atoms with E-state index in [1.807, 2.05) is 31.2 Å². The molecule has 0 spiro atoms. The molecule has 0 saturated carbocycles. The van der Waals surface area contributed by atoms with Crippen LogP contribution in [0.2, 0.25) is 0 Å². The predicted molar refractivity (Wildman–Crippen MR) is 84.7 cm³/mol. The number of halogens is 1. The Labute approximate surface area is 131 Å². The Bertz CT molecular complexity index is 653. The third-order valence-electron chi connectivity index (χ3n) is 3.08. The maximum atomic E-state index is 12.1. The fourth-order valence-electron chi connectivity index (χ4n) is 1.85. The second kappa shape index (κ2) is 6.63. The van der Waals surface area contributed by atoms with Gasteiger partial charge < -0.3 is 15.2 Å². The van der Waals surface area contributed by atoms with Gasteiger partial charge >= 0.3 is 0 Å². The first-order valence-electron chi connectivity index (χ1n) is 6.41. The summed E-state index contributed by atoms with van der Waals surface area (Å²) in [6, 6.07) is 11.0. The highest BCUT2D eigenvalue weighted by Crippen LogP contribution is 2.35. The van der Waals surface area contributed by atoms with Crippen LogP contribution in [0.25, 0.3) is 0 Å². The van der Waals surface area contributed by atoms with Gasteiger partial charge in [-0.15, -0.1) is 0 Å². The van der Waals surface area contributed by atoms with Gasteiger partial charge in [-0.3, -0.25) is 4.79 Å².